The van der Waals surface area contributed by atoms with Gasteiger partial charge in [0.1, 0.15) is 18.2 Å². The molecule has 1 amide bonds. The first-order valence-corrected chi connectivity index (χ1v) is 6.10. The highest BCUT2D eigenvalue weighted by Gasteiger charge is 2.24. The minimum Gasteiger partial charge on any atom is -0.352 e. The molecule has 0 atom stereocenters. The fourth-order valence-electron chi connectivity index (χ4n) is 1.74. The lowest BCUT2D eigenvalue weighted by atomic mass is 10.3. The van der Waals surface area contributed by atoms with Crippen LogP contribution in [0.1, 0.15) is 25.3 Å². The normalized spacial score (nSPS) is 13.9. The highest BCUT2D eigenvalue weighted by molar-refractivity contribution is 5.76. The van der Waals surface area contributed by atoms with E-state index in [2.05, 4.69) is 5.32 Å². The van der Waals surface area contributed by atoms with Gasteiger partial charge in [-0.3, -0.25) is 14.2 Å². The summed E-state index contributed by atoms with van der Waals surface area (Å²) in [6.07, 6.45) is 3.08. The molecule has 0 radical (unpaired) electrons. The maximum Gasteiger partial charge on any atom is 0.331 e. The quantitative estimate of drug-likeness (QED) is 0.766. The molecular weight excluding hydrogens is 248 g/mol. The van der Waals surface area contributed by atoms with E-state index in [1.807, 2.05) is 0 Å². The van der Waals surface area contributed by atoms with E-state index in [1.54, 1.807) is 13.0 Å². The van der Waals surface area contributed by atoms with Crippen LogP contribution >= 0.6 is 0 Å². The Kier molecular flexibility index (Phi) is 3.51. The summed E-state index contributed by atoms with van der Waals surface area (Å²) in [5, 5.41) is 11.6. The van der Waals surface area contributed by atoms with Crippen LogP contribution in [0.4, 0.5) is 0 Å². The van der Waals surface area contributed by atoms with Crippen LogP contribution in [0.2, 0.25) is 0 Å². The molecule has 1 fully saturated rings. The van der Waals surface area contributed by atoms with Crippen molar-refractivity contribution in [1.82, 2.24) is 14.5 Å². The Balaban J connectivity index is 2.37. The molecule has 1 N–H and O–H groups in total. The number of aryl methyl sites for hydroxylation is 1. The van der Waals surface area contributed by atoms with E-state index >= 15 is 0 Å². The number of hydrogen-bond acceptors (Lipinski definition) is 4. The van der Waals surface area contributed by atoms with E-state index < -0.39 is 11.2 Å². The first-order chi connectivity index (χ1) is 9.06. The Labute approximate surface area is 109 Å². The Morgan fingerprint density at radius 1 is 1.53 bits per heavy atom. The van der Waals surface area contributed by atoms with Crippen LogP contribution in [-0.2, 0) is 17.9 Å². The third kappa shape index (κ3) is 2.73. The van der Waals surface area contributed by atoms with Crippen molar-refractivity contribution in [3.63, 3.8) is 0 Å². The second-order valence-corrected chi connectivity index (χ2v) is 4.46. The predicted octanol–water partition coefficient (Wildman–Crippen LogP) is -0.820. The molecule has 1 saturated carbocycles. The summed E-state index contributed by atoms with van der Waals surface area (Å²) >= 11 is 0. The summed E-state index contributed by atoms with van der Waals surface area (Å²) in [5.41, 5.74) is -1.43. The number of carbonyl (C=O) groups excluding carboxylic acids is 1. The summed E-state index contributed by atoms with van der Waals surface area (Å²) in [6.45, 7) is 1.71. The van der Waals surface area contributed by atoms with Crippen molar-refractivity contribution in [1.29, 1.82) is 5.26 Å². The summed E-state index contributed by atoms with van der Waals surface area (Å²) in [4.78, 5) is 35.5. The third-order valence-corrected chi connectivity index (χ3v) is 2.94. The summed E-state index contributed by atoms with van der Waals surface area (Å²) in [5.74, 6) is -0.376. The standard InChI is InChI=1S/C12H14N4O3/c1-2-15-6-8(5-13)11(18)16(12(15)19)7-10(17)14-9-3-4-9/h6,9H,2-4,7H2,1H3,(H,14,17). The molecule has 1 heterocycles. The number of amides is 1. The second-order valence-electron chi connectivity index (χ2n) is 4.46. The minimum absolute atomic E-state index is 0.138. The van der Waals surface area contributed by atoms with Crippen molar-refractivity contribution in [2.45, 2.75) is 38.9 Å². The van der Waals surface area contributed by atoms with Gasteiger partial charge in [-0.05, 0) is 19.8 Å². The van der Waals surface area contributed by atoms with Gasteiger partial charge >= 0.3 is 5.69 Å². The average molecular weight is 262 g/mol. The van der Waals surface area contributed by atoms with Gasteiger partial charge in [-0.15, -0.1) is 0 Å². The molecule has 7 nitrogen and oxygen atoms in total. The second kappa shape index (κ2) is 5.10. The first-order valence-electron chi connectivity index (χ1n) is 6.10. The highest BCUT2D eigenvalue weighted by Crippen LogP contribution is 2.18. The Hall–Kier alpha value is -2.36. The topological polar surface area (TPSA) is 96.9 Å². The van der Waals surface area contributed by atoms with Crippen molar-refractivity contribution >= 4 is 5.91 Å². The van der Waals surface area contributed by atoms with Crippen molar-refractivity contribution in [3.05, 3.63) is 32.6 Å². The molecule has 0 bridgehead atoms. The van der Waals surface area contributed by atoms with Crippen LogP contribution in [0, 0.1) is 11.3 Å². The molecule has 1 aromatic rings. The Morgan fingerprint density at radius 2 is 2.21 bits per heavy atom. The maximum absolute atomic E-state index is 12.0. The van der Waals surface area contributed by atoms with Crippen molar-refractivity contribution in [2.75, 3.05) is 0 Å². The molecule has 0 spiro atoms. The third-order valence-electron chi connectivity index (χ3n) is 2.94. The Bertz CT molecular complexity index is 661. The number of nitriles is 1. The smallest absolute Gasteiger partial charge is 0.331 e. The van der Waals surface area contributed by atoms with E-state index in [9.17, 15) is 14.4 Å². The van der Waals surface area contributed by atoms with Gasteiger partial charge < -0.3 is 5.32 Å². The van der Waals surface area contributed by atoms with Crippen molar-refractivity contribution in [3.8, 4) is 6.07 Å². The van der Waals surface area contributed by atoms with E-state index in [0.717, 1.165) is 17.4 Å². The molecule has 19 heavy (non-hydrogen) atoms. The van der Waals surface area contributed by atoms with E-state index in [4.69, 9.17) is 5.26 Å². The molecule has 100 valence electrons. The molecule has 1 aliphatic carbocycles. The van der Waals surface area contributed by atoms with E-state index in [-0.39, 0.29) is 24.1 Å². The number of nitrogens with one attached hydrogen (secondary N) is 1. The molecule has 0 aliphatic heterocycles. The fraction of sp³-hybridized carbons (Fsp3) is 0.500. The molecule has 0 aromatic carbocycles. The number of carbonyl (C=O) groups is 1. The van der Waals surface area contributed by atoms with Gasteiger partial charge in [0.15, 0.2) is 0 Å². The van der Waals surface area contributed by atoms with Gasteiger partial charge in [-0.2, -0.15) is 5.26 Å². The molecule has 1 aromatic heterocycles. The number of aromatic nitrogens is 2. The highest BCUT2D eigenvalue weighted by atomic mass is 16.2. The fourth-order valence-corrected chi connectivity index (χ4v) is 1.74. The van der Waals surface area contributed by atoms with Crippen LogP contribution in [0.3, 0.4) is 0 Å². The Morgan fingerprint density at radius 3 is 2.74 bits per heavy atom. The van der Waals surface area contributed by atoms with Crippen molar-refractivity contribution < 1.29 is 4.79 Å². The lowest BCUT2D eigenvalue weighted by Gasteiger charge is -2.09. The monoisotopic (exact) mass is 262 g/mol. The van der Waals surface area contributed by atoms with Gasteiger partial charge in [0.05, 0.1) is 0 Å². The molecular formula is C12H14N4O3. The average Bonchev–Trinajstić information content (AvgIpc) is 3.19. The lowest BCUT2D eigenvalue weighted by Crippen LogP contribution is -2.44. The zero-order valence-corrected chi connectivity index (χ0v) is 10.5. The van der Waals surface area contributed by atoms with Crippen LogP contribution in [0.15, 0.2) is 15.8 Å². The predicted molar refractivity (Wildman–Crippen MR) is 66.5 cm³/mol. The van der Waals surface area contributed by atoms with E-state index in [0.29, 0.717) is 6.54 Å². The van der Waals surface area contributed by atoms with Crippen LogP contribution in [-0.4, -0.2) is 21.1 Å². The first kappa shape index (κ1) is 13.1. The van der Waals surface area contributed by atoms with Gasteiger partial charge in [0.2, 0.25) is 5.91 Å². The van der Waals surface area contributed by atoms with E-state index in [1.165, 1.54) is 10.8 Å². The molecule has 0 unspecified atom stereocenters. The maximum atomic E-state index is 12.0. The zero-order valence-electron chi connectivity index (χ0n) is 10.5. The largest absolute Gasteiger partial charge is 0.352 e. The zero-order chi connectivity index (χ0) is 14.0. The minimum atomic E-state index is -0.719. The van der Waals surface area contributed by atoms with Crippen LogP contribution in [0.5, 0.6) is 0 Å². The van der Waals surface area contributed by atoms with Gasteiger partial charge in [0.25, 0.3) is 5.56 Å². The number of hydrogen-bond donors (Lipinski definition) is 1. The molecule has 0 saturated heterocycles. The molecule has 2 rings (SSSR count). The summed E-state index contributed by atoms with van der Waals surface area (Å²) < 4.78 is 2.05. The van der Waals surface area contributed by atoms with Crippen molar-refractivity contribution in [2.24, 2.45) is 0 Å². The lowest BCUT2D eigenvalue weighted by molar-refractivity contribution is -0.121. The summed E-state index contributed by atoms with van der Waals surface area (Å²) in [7, 11) is 0. The number of rotatable bonds is 4. The van der Waals surface area contributed by atoms with Gasteiger partial charge in [-0.25, -0.2) is 9.36 Å². The van der Waals surface area contributed by atoms with Crippen LogP contribution < -0.4 is 16.6 Å². The summed E-state index contributed by atoms with van der Waals surface area (Å²) in [6, 6.07) is 1.90. The van der Waals surface area contributed by atoms with Gasteiger partial charge in [-0.1, -0.05) is 0 Å². The molecule has 1 aliphatic rings. The van der Waals surface area contributed by atoms with Gasteiger partial charge in [0, 0.05) is 18.8 Å². The van der Waals surface area contributed by atoms with Crippen LogP contribution in [0.25, 0.3) is 0 Å². The SMILES string of the molecule is CCn1cc(C#N)c(=O)n(CC(=O)NC2CC2)c1=O. The molecule has 7 heteroatoms. The number of nitrogens with zero attached hydrogens (tertiary/aromatic N) is 3.